The Kier molecular flexibility index (Phi) is 7.49. The molecule has 146 valence electrons. The van der Waals surface area contributed by atoms with Gasteiger partial charge in [0.15, 0.2) is 0 Å². The highest BCUT2D eigenvalue weighted by molar-refractivity contribution is 7.10. The van der Waals surface area contributed by atoms with Crippen molar-refractivity contribution in [2.45, 2.75) is 32.2 Å². The van der Waals surface area contributed by atoms with Crippen LogP contribution in [-0.4, -0.2) is 68.7 Å². The van der Waals surface area contributed by atoms with Crippen LogP contribution in [0.25, 0.3) is 0 Å². The van der Waals surface area contributed by atoms with Gasteiger partial charge in [0.25, 0.3) is 0 Å². The third kappa shape index (κ3) is 5.28. The lowest BCUT2D eigenvalue weighted by molar-refractivity contribution is -0.132. The number of morpholine rings is 1. The molecule has 1 aromatic rings. The highest BCUT2D eigenvalue weighted by Gasteiger charge is 2.28. The van der Waals surface area contributed by atoms with Crippen LogP contribution in [0.4, 0.5) is 0 Å². The minimum absolute atomic E-state index is 0.276. The molecule has 3 atom stereocenters. The molecule has 6 heteroatoms. The average molecular weight is 380 g/mol. The summed E-state index contributed by atoms with van der Waals surface area (Å²) in [5.74, 6) is 1.35. The molecule has 1 aromatic heterocycles. The van der Waals surface area contributed by atoms with Crippen LogP contribution in [-0.2, 0) is 9.53 Å². The fourth-order valence-corrected chi connectivity index (χ4v) is 4.93. The number of carbonyl (C=O) groups is 1. The molecule has 0 aliphatic carbocycles. The lowest BCUT2D eigenvalue weighted by Gasteiger charge is -2.36. The van der Waals surface area contributed by atoms with Gasteiger partial charge in [-0.25, -0.2) is 0 Å². The summed E-state index contributed by atoms with van der Waals surface area (Å²) >= 11 is 1.79. The monoisotopic (exact) mass is 379 g/mol. The molecule has 0 bridgehead atoms. The molecule has 2 saturated heterocycles. The van der Waals surface area contributed by atoms with Crippen LogP contribution in [0.2, 0.25) is 0 Å². The third-order valence-electron chi connectivity index (χ3n) is 5.87. The lowest BCUT2D eigenvalue weighted by atomic mass is 9.85. The molecule has 2 fully saturated rings. The molecule has 0 spiro atoms. The number of carbonyl (C=O) groups excluding carboxylic acids is 1. The van der Waals surface area contributed by atoms with Crippen LogP contribution in [0.15, 0.2) is 17.5 Å². The van der Waals surface area contributed by atoms with Gasteiger partial charge in [0.05, 0.1) is 19.3 Å². The number of nitrogens with one attached hydrogen (secondary N) is 1. The molecule has 26 heavy (non-hydrogen) atoms. The number of piperidine rings is 1. The van der Waals surface area contributed by atoms with Gasteiger partial charge in [0.1, 0.15) is 0 Å². The maximum absolute atomic E-state index is 12.8. The largest absolute Gasteiger partial charge is 0.379 e. The summed E-state index contributed by atoms with van der Waals surface area (Å²) in [7, 11) is 1.97. The van der Waals surface area contributed by atoms with Crippen molar-refractivity contribution >= 4 is 17.2 Å². The average Bonchev–Trinajstić information content (AvgIpc) is 3.21. The van der Waals surface area contributed by atoms with Crippen molar-refractivity contribution < 1.29 is 9.53 Å². The van der Waals surface area contributed by atoms with Gasteiger partial charge in [-0.3, -0.25) is 9.69 Å². The van der Waals surface area contributed by atoms with E-state index in [1.807, 2.05) is 11.9 Å². The first-order chi connectivity index (χ1) is 12.6. The summed E-state index contributed by atoms with van der Waals surface area (Å²) in [4.78, 5) is 18.6. The number of nitrogens with zero attached hydrogens (tertiary/aromatic N) is 2. The number of hydrogen-bond acceptors (Lipinski definition) is 5. The topological polar surface area (TPSA) is 44.8 Å². The summed E-state index contributed by atoms with van der Waals surface area (Å²) < 4.78 is 5.51. The SMILES string of the molecule is CC(CC(=O)N(C)CC(c1cccs1)N1CCOCC1)C1CCCNC1. The number of rotatable bonds is 7. The van der Waals surface area contributed by atoms with Gasteiger partial charge in [-0.2, -0.15) is 0 Å². The van der Waals surface area contributed by atoms with Crippen molar-refractivity contribution in [2.75, 3.05) is 53.0 Å². The van der Waals surface area contributed by atoms with Crippen LogP contribution in [0.5, 0.6) is 0 Å². The van der Waals surface area contributed by atoms with Gasteiger partial charge in [-0.05, 0) is 49.2 Å². The van der Waals surface area contributed by atoms with Gasteiger partial charge in [-0.15, -0.1) is 11.3 Å². The molecule has 0 saturated carbocycles. The molecular formula is C20H33N3O2S. The van der Waals surface area contributed by atoms with E-state index >= 15 is 0 Å². The number of ether oxygens (including phenoxy) is 1. The van der Waals surface area contributed by atoms with Crippen LogP contribution >= 0.6 is 11.3 Å². The minimum Gasteiger partial charge on any atom is -0.379 e. The second kappa shape index (κ2) is 9.83. The summed E-state index contributed by atoms with van der Waals surface area (Å²) in [6.45, 7) is 8.62. The van der Waals surface area contributed by atoms with E-state index in [-0.39, 0.29) is 11.9 Å². The van der Waals surface area contributed by atoms with Crippen molar-refractivity contribution in [1.82, 2.24) is 15.1 Å². The van der Waals surface area contributed by atoms with Crippen LogP contribution in [0.3, 0.4) is 0 Å². The highest BCUT2D eigenvalue weighted by atomic mass is 32.1. The normalized spacial score (nSPS) is 24.2. The van der Waals surface area contributed by atoms with Crippen molar-refractivity contribution in [2.24, 2.45) is 11.8 Å². The zero-order valence-corrected chi connectivity index (χ0v) is 17.0. The van der Waals surface area contributed by atoms with Gasteiger partial charge >= 0.3 is 0 Å². The Balaban J connectivity index is 1.57. The maximum Gasteiger partial charge on any atom is 0.222 e. The van der Waals surface area contributed by atoms with Gasteiger partial charge in [0.2, 0.25) is 5.91 Å². The Morgan fingerprint density at radius 1 is 1.46 bits per heavy atom. The molecule has 2 aliphatic rings. The first-order valence-corrected chi connectivity index (χ1v) is 10.8. The van der Waals surface area contributed by atoms with E-state index in [4.69, 9.17) is 4.74 Å². The van der Waals surface area contributed by atoms with Gasteiger partial charge in [-0.1, -0.05) is 13.0 Å². The first-order valence-electron chi connectivity index (χ1n) is 9.95. The molecule has 1 N–H and O–H groups in total. The Morgan fingerprint density at radius 2 is 2.27 bits per heavy atom. The second-order valence-electron chi connectivity index (χ2n) is 7.74. The predicted octanol–water partition coefficient (Wildman–Crippen LogP) is 2.61. The summed E-state index contributed by atoms with van der Waals surface area (Å²) in [5, 5.41) is 5.60. The quantitative estimate of drug-likeness (QED) is 0.791. The molecule has 2 aliphatic heterocycles. The van der Waals surface area contributed by atoms with E-state index in [0.717, 1.165) is 45.9 Å². The van der Waals surface area contributed by atoms with Crippen molar-refractivity contribution in [3.05, 3.63) is 22.4 Å². The number of likely N-dealkylation sites (N-methyl/N-ethyl adjacent to an activating group) is 1. The third-order valence-corrected chi connectivity index (χ3v) is 6.84. The van der Waals surface area contributed by atoms with Gasteiger partial charge < -0.3 is 15.0 Å². The molecular weight excluding hydrogens is 346 g/mol. The Morgan fingerprint density at radius 3 is 2.92 bits per heavy atom. The van der Waals surface area contributed by atoms with E-state index in [2.05, 4.69) is 34.7 Å². The second-order valence-corrected chi connectivity index (χ2v) is 8.72. The van der Waals surface area contributed by atoms with Crippen molar-refractivity contribution in [1.29, 1.82) is 0 Å². The minimum atomic E-state index is 0.276. The molecule has 0 aromatic carbocycles. The maximum atomic E-state index is 12.8. The van der Waals surface area contributed by atoms with E-state index < -0.39 is 0 Å². The number of thiophene rings is 1. The standard InChI is InChI=1S/C20H33N3O2S/c1-16(17-5-3-7-21-14-17)13-20(24)22(2)15-18(19-6-4-12-26-19)23-8-10-25-11-9-23/h4,6,12,16-18,21H,3,5,7-11,13-15H2,1-2H3. The molecule has 3 unspecified atom stereocenters. The molecule has 0 radical (unpaired) electrons. The van der Waals surface area contributed by atoms with E-state index in [0.29, 0.717) is 18.3 Å². The van der Waals surface area contributed by atoms with E-state index in [9.17, 15) is 4.79 Å². The number of hydrogen-bond donors (Lipinski definition) is 1. The van der Waals surface area contributed by atoms with Crippen LogP contribution < -0.4 is 5.32 Å². The smallest absolute Gasteiger partial charge is 0.222 e. The molecule has 3 rings (SSSR count). The lowest BCUT2D eigenvalue weighted by Crippen LogP contribution is -2.44. The molecule has 3 heterocycles. The fraction of sp³-hybridized carbons (Fsp3) is 0.750. The van der Waals surface area contributed by atoms with E-state index in [1.165, 1.54) is 17.7 Å². The van der Waals surface area contributed by atoms with E-state index in [1.54, 1.807) is 11.3 Å². The van der Waals surface area contributed by atoms with Crippen LogP contribution in [0, 0.1) is 11.8 Å². The zero-order valence-electron chi connectivity index (χ0n) is 16.2. The van der Waals surface area contributed by atoms with Crippen LogP contribution in [0.1, 0.15) is 37.1 Å². The Hall–Kier alpha value is -0.950. The molecule has 5 nitrogen and oxygen atoms in total. The van der Waals surface area contributed by atoms with Gasteiger partial charge in [0, 0.05) is 38.0 Å². The predicted molar refractivity (Wildman–Crippen MR) is 106 cm³/mol. The highest BCUT2D eigenvalue weighted by Crippen LogP contribution is 2.28. The first kappa shape index (κ1) is 19.8. The fourth-order valence-electron chi connectivity index (χ4n) is 4.08. The van der Waals surface area contributed by atoms with Crippen molar-refractivity contribution in [3.8, 4) is 0 Å². The zero-order chi connectivity index (χ0) is 18.4. The summed E-state index contributed by atoms with van der Waals surface area (Å²) in [5.41, 5.74) is 0. The number of amides is 1. The van der Waals surface area contributed by atoms with Crippen molar-refractivity contribution in [3.63, 3.8) is 0 Å². The Bertz CT molecular complexity index is 539. The summed E-state index contributed by atoms with van der Waals surface area (Å²) in [6.07, 6.45) is 3.14. The summed E-state index contributed by atoms with van der Waals surface area (Å²) in [6, 6.07) is 4.58. The molecule has 1 amide bonds. The Labute approximate surface area is 161 Å².